The normalized spacial score (nSPS) is 17.1. The van der Waals surface area contributed by atoms with Gasteiger partial charge in [-0.25, -0.2) is 4.98 Å². The number of fused-ring (bicyclic) bond motifs is 1. The maximum Gasteiger partial charge on any atom is 0.241 e. The molecule has 21 heavy (non-hydrogen) atoms. The number of nitrogens with one attached hydrogen (secondary N) is 3. The van der Waals surface area contributed by atoms with Crippen LogP contribution in [-0.2, 0) is 17.8 Å². The van der Waals surface area contributed by atoms with E-state index in [0.717, 1.165) is 11.4 Å². The number of aromatic hydroxyl groups is 1. The van der Waals surface area contributed by atoms with Crippen molar-refractivity contribution in [2.75, 3.05) is 12.4 Å². The molecule has 1 amide bonds. The number of imidazole rings is 1. The zero-order valence-electron chi connectivity index (χ0n) is 11.5. The van der Waals surface area contributed by atoms with E-state index in [4.69, 9.17) is 4.74 Å². The highest BCUT2D eigenvalue weighted by atomic mass is 16.5. The van der Waals surface area contributed by atoms with E-state index in [9.17, 15) is 9.90 Å². The van der Waals surface area contributed by atoms with Crippen LogP contribution in [0.3, 0.4) is 0 Å². The standard InChI is InChI=1S/C14H16N4O3/c1-21-13-3-2-8(4-12(13)19)18-14(20)10-5-9-11(6-15-10)17-7-16-9/h2-4,7,10,15,19H,5-6H2,1H3,(H,16,17)(H,18,20). The lowest BCUT2D eigenvalue weighted by molar-refractivity contribution is -0.118. The van der Waals surface area contributed by atoms with Crippen molar-refractivity contribution < 1.29 is 14.6 Å². The molecule has 1 unspecified atom stereocenters. The van der Waals surface area contributed by atoms with E-state index in [1.165, 1.54) is 13.2 Å². The molecule has 1 aliphatic rings. The van der Waals surface area contributed by atoms with E-state index in [2.05, 4.69) is 20.6 Å². The summed E-state index contributed by atoms with van der Waals surface area (Å²) in [4.78, 5) is 19.5. The molecule has 1 aromatic carbocycles. The number of H-pyrrole nitrogens is 1. The largest absolute Gasteiger partial charge is 0.504 e. The second-order valence-corrected chi connectivity index (χ2v) is 4.84. The fourth-order valence-corrected chi connectivity index (χ4v) is 2.35. The molecule has 110 valence electrons. The van der Waals surface area contributed by atoms with Gasteiger partial charge in [0.05, 0.1) is 30.9 Å². The van der Waals surface area contributed by atoms with Crippen LogP contribution in [0.4, 0.5) is 5.69 Å². The Kier molecular flexibility index (Phi) is 3.49. The molecule has 0 radical (unpaired) electrons. The molecule has 3 rings (SSSR count). The van der Waals surface area contributed by atoms with Gasteiger partial charge in [0.25, 0.3) is 0 Å². The summed E-state index contributed by atoms with van der Waals surface area (Å²) in [6.07, 6.45) is 2.17. The van der Waals surface area contributed by atoms with Gasteiger partial charge in [-0.1, -0.05) is 0 Å². The van der Waals surface area contributed by atoms with Crippen molar-refractivity contribution in [1.82, 2.24) is 15.3 Å². The van der Waals surface area contributed by atoms with Gasteiger partial charge in [-0.3, -0.25) is 10.1 Å². The van der Waals surface area contributed by atoms with Gasteiger partial charge in [0, 0.05) is 24.7 Å². The fourth-order valence-electron chi connectivity index (χ4n) is 2.35. The smallest absolute Gasteiger partial charge is 0.241 e. The molecule has 0 aliphatic carbocycles. The molecule has 0 bridgehead atoms. The minimum Gasteiger partial charge on any atom is -0.504 e. The topological polar surface area (TPSA) is 99.3 Å². The van der Waals surface area contributed by atoms with Crippen LogP contribution in [0.25, 0.3) is 0 Å². The van der Waals surface area contributed by atoms with Crippen molar-refractivity contribution >= 4 is 11.6 Å². The zero-order valence-corrected chi connectivity index (χ0v) is 11.5. The van der Waals surface area contributed by atoms with Gasteiger partial charge < -0.3 is 20.1 Å². The van der Waals surface area contributed by atoms with Crippen LogP contribution >= 0.6 is 0 Å². The maximum absolute atomic E-state index is 12.2. The summed E-state index contributed by atoms with van der Waals surface area (Å²) in [5, 5.41) is 15.6. The third kappa shape index (κ3) is 2.68. The quantitative estimate of drug-likeness (QED) is 0.669. The number of carbonyl (C=O) groups is 1. The molecule has 2 heterocycles. The zero-order chi connectivity index (χ0) is 14.8. The van der Waals surface area contributed by atoms with E-state index < -0.39 is 0 Å². The van der Waals surface area contributed by atoms with Crippen LogP contribution in [0.5, 0.6) is 11.5 Å². The number of aromatic amines is 1. The van der Waals surface area contributed by atoms with Gasteiger partial charge in [0.15, 0.2) is 11.5 Å². The first-order valence-corrected chi connectivity index (χ1v) is 6.59. The maximum atomic E-state index is 12.2. The van der Waals surface area contributed by atoms with E-state index >= 15 is 0 Å². The first-order chi connectivity index (χ1) is 10.2. The Labute approximate surface area is 121 Å². The number of hydrogen-bond donors (Lipinski definition) is 4. The Morgan fingerprint density at radius 3 is 3.14 bits per heavy atom. The number of anilines is 1. The predicted molar refractivity (Wildman–Crippen MR) is 76.2 cm³/mol. The van der Waals surface area contributed by atoms with Crippen molar-refractivity contribution in [3.63, 3.8) is 0 Å². The summed E-state index contributed by atoms with van der Waals surface area (Å²) in [6.45, 7) is 0.585. The number of ether oxygens (including phenoxy) is 1. The van der Waals surface area contributed by atoms with Crippen LogP contribution in [0.15, 0.2) is 24.5 Å². The molecule has 1 aromatic heterocycles. The molecule has 7 heteroatoms. The number of amides is 1. The summed E-state index contributed by atoms with van der Waals surface area (Å²) in [7, 11) is 1.47. The van der Waals surface area contributed by atoms with E-state index in [1.807, 2.05) is 0 Å². The first kappa shape index (κ1) is 13.4. The molecule has 1 aliphatic heterocycles. The van der Waals surface area contributed by atoms with Crippen molar-refractivity contribution in [2.24, 2.45) is 0 Å². The molecule has 0 saturated carbocycles. The number of nitrogens with zero attached hydrogens (tertiary/aromatic N) is 1. The predicted octanol–water partition coefficient (Wildman–Crippen LogP) is 0.777. The van der Waals surface area contributed by atoms with Gasteiger partial charge in [-0.15, -0.1) is 0 Å². The number of hydrogen-bond acceptors (Lipinski definition) is 5. The molecule has 1 atom stereocenters. The van der Waals surface area contributed by atoms with Crippen LogP contribution in [0.1, 0.15) is 11.4 Å². The first-order valence-electron chi connectivity index (χ1n) is 6.59. The summed E-state index contributed by atoms with van der Waals surface area (Å²) in [5.74, 6) is 0.194. The lowest BCUT2D eigenvalue weighted by Gasteiger charge is -2.22. The highest BCUT2D eigenvalue weighted by Gasteiger charge is 2.25. The Bertz CT molecular complexity index is 668. The highest BCUT2D eigenvalue weighted by Crippen LogP contribution is 2.28. The number of carbonyl (C=O) groups excluding carboxylic acids is 1. The average Bonchev–Trinajstić information content (AvgIpc) is 2.94. The Morgan fingerprint density at radius 1 is 1.52 bits per heavy atom. The Balaban J connectivity index is 1.68. The van der Waals surface area contributed by atoms with Crippen molar-refractivity contribution in [3.8, 4) is 11.5 Å². The number of phenolic OH excluding ortho intramolecular Hbond substituents is 1. The number of benzene rings is 1. The molecule has 0 fully saturated rings. The molecule has 2 aromatic rings. The SMILES string of the molecule is COc1ccc(NC(=O)C2Cc3nc[nH]c3CN2)cc1O. The highest BCUT2D eigenvalue weighted by molar-refractivity contribution is 5.95. The fraction of sp³-hybridized carbons (Fsp3) is 0.286. The lowest BCUT2D eigenvalue weighted by Crippen LogP contribution is -2.44. The molecule has 0 saturated heterocycles. The van der Waals surface area contributed by atoms with Gasteiger partial charge in [0.2, 0.25) is 5.91 Å². The van der Waals surface area contributed by atoms with Gasteiger partial charge in [-0.05, 0) is 12.1 Å². The molecule has 7 nitrogen and oxygen atoms in total. The van der Waals surface area contributed by atoms with Crippen LogP contribution in [-0.4, -0.2) is 34.1 Å². The molecular weight excluding hydrogens is 272 g/mol. The summed E-state index contributed by atoms with van der Waals surface area (Å²) >= 11 is 0. The minimum absolute atomic E-state index is 0.0125. The molecule has 0 spiro atoms. The second-order valence-electron chi connectivity index (χ2n) is 4.84. The summed E-state index contributed by atoms with van der Waals surface area (Å²) in [6, 6.07) is 4.40. The number of aromatic nitrogens is 2. The van der Waals surface area contributed by atoms with Crippen LogP contribution in [0.2, 0.25) is 0 Å². The second kappa shape index (κ2) is 5.45. The average molecular weight is 288 g/mol. The Morgan fingerprint density at radius 2 is 2.38 bits per heavy atom. The molecule has 4 N–H and O–H groups in total. The van der Waals surface area contributed by atoms with Crippen molar-refractivity contribution in [3.05, 3.63) is 35.9 Å². The number of methoxy groups -OCH3 is 1. The summed E-state index contributed by atoms with van der Waals surface area (Å²) < 4.78 is 4.96. The van der Waals surface area contributed by atoms with Crippen molar-refractivity contribution in [2.45, 2.75) is 19.0 Å². The molecular formula is C14H16N4O3. The van der Waals surface area contributed by atoms with Crippen LogP contribution in [0, 0.1) is 0 Å². The van der Waals surface area contributed by atoms with Gasteiger partial charge >= 0.3 is 0 Å². The lowest BCUT2D eigenvalue weighted by atomic mass is 10.0. The number of rotatable bonds is 3. The number of phenols is 1. The summed E-state index contributed by atoms with van der Waals surface area (Å²) in [5.41, 5.74) is 2.44. The van der Waals surface area contributed by atoms with E-state index in [0.29, 0.717) is 24.4 Å². The Hall–Kier alpha value is -2.54. The van der Waals surface area contributed by atoms with Gasteiger partial charge in [-0.2, -0.15) is 0 Å². The minimum atomic E-state index is -0.343. The monoisotopic (exact) mass is 288 g/mol. The van der Waals surface area contributed by atoms with E-state index in [1.54, 1.807) is 18.5 Å². The third-order valence-corrected chi connectivity index (χ3v) is 3.49. The van der Waals surface area contributed by atoms with Crippen LogP contribution < -0.4 is 15.4 Å². The van der Waals surface area contributed by atoms with E-state index in [-0.39, 0.29) is 17.7 Å². The van der Waals surface area contributed by atoms with Crippen molar-refractivity contribution in [1.29, 1.82) is 0 Å². The van der Waals surface area contributed by atoms with Gasteiger partial charge in [0.1, 0.15) is 0 Å². The third-order valence-electron chi connectivity index (χ3n) is 3.49.